The number of nitrogens with zero attached hydrogens (tertiary/aromatic N) is 2. The molecule has 0 spiro atoms. The Kier molecular flexibility index (Phi) is 6.48. The zero-order chi connectivity index (χ0) is 27.0. The Morgan fingerprint density at radius 1 is 1.05 bits per heavy atom. The van der Waals surface area contributed by atoms with E-state index in [4.69, 9.17) is 4.74 Å². The van der Waals surface area contributed by atoms with Crippen LogP contribution in [-0.4, -0.2) is 41.7 Å². The van der Waals surface area contributed by atoms with Gasteiger partial charge in [0.25, 0.3) is 5.91 Å². The first-order valence-corrected chi connectivity index (χ1v) is 11.7. The number of carbonyl (C=O) groups excluding carboxylic acids is 2. The molecule has 3 aromatic carbocycles. The van der Waals surface area contributed by atoms with Crippen LogP contribution >= 0.6 is 0 Å². The van der Waals surface area contributed by atoms with Gasteiger partial charge in [-0.3, -0.25) is 14.6 Å². The molecular formula is C28H21F4N3O3. The van der Waals surface area contributed by atoms with Crippen molar-refractivity contribution in [2.45, 2.75) is 19.1 Å². The molecule has 0 fully saturated rings. The number of alkyl halides is 3. The minimum atomic E-state index is -4.72. The fourth-order valence-corrected chi connectivity index (χ4v) is 4.69. The maximum atomic E-state index is 15.3. The van der Waals surface area contributed by atoms with Crippen LogP contribution in [0.2, 0.25) is 0 Å². The Morgan fingerprint density at radius 3 is 2.53 bits per heavy atom. The van der Waals surface area contributed by atoms with Crippen molar-refractivity contribution < 1.29 is 31.9 Å². The van der Waals surface area contributed by atoms with Crippen LogP contribution in [0.3, 0.4) is 0 Å². The number of ether oxygens (including phenoxy) is 1. The van der Waals surface area contributed by atoms with Crippen LogP contribution in [0.25, 0.3) is 0 Å². The van der Waals surface area contributed by atoms with Gasteiger partial charge >= 0.3 is 6.18 Å². The summed E-state index contributed by atoms with van der Waals surface area (Å²) in [5, 5.41) is 2.65. The number of hydrogen-bond acceptors (Lipinski definition) is 4. The van der Waals surface area contributed by atoms with Crippen molar-refractivity contribution >= 4 is 23.2 Å². The first-order chi connectivity index (χ1) is 18.1. The first kappa shape index (κ1) is 25.2. The summed E-state index contributed by atoms with van der Waals surface area (Å²) in [4.78, 5) is 29.8. The number of amides is 2. The summed E-state index contributed by atoms with van der Waals surface area (Å²) in [7, 11) is 0. The Bertz CT molecular complexity index is 1480. The van der Waals surface area contributed by atoms with Crippen molar-refractivity contribution in [1.82, 2.24) is 4.90 Å². The molecule has 5 rings (SSSR count). The van der Waals surface area contributed by atoms with Crippen LogP contribution in [0.5, 0.6) is 11.5 Å². The quantitative estimate of drug-likeness (QED) is 0.414. The second-order valence-corrected chi connectivity index (χ2v) is 8.87. The van der Waals surface area contributed by atoms with E-state index < -0.39 is 30.5 Å². The van der Waals surface area contributed by atoms with E-state index in [1.165, 1.54) is 19.1 Å². The van der Waals surface area contributed by atoms with Gasteiger partial charge in [-0.05, 0) is 42.5 Å². The molecule has 3 aromatic rings. The molecular weight excluding hydrogens is 502 g/mol. The van der Waals surface area contributed by atoms with E-state index >= 15 is 4.39 Å². The molecule has 38 heavy (non-hydrogen) atoms. The van der Waals surface area contributed by atoms with Gasteiger partial charge in [0.1, 0.15) is 23.9 Å². The lowest BCUT2D eigenvalue weighted by Gasteiger charge is -2.29. The third-order valence-corrected chi connectivity index (χ3v) is 6.13. The lowest BCUT2D eigenvalue weighted by atomic mass is 9.91. The van der Waals surface area contributed by atoms with Gasteiger partial charge in [0.05, 0.1) is 18.3 Å². The molecule has 0 aromatic heterocycles. The van der Waals surface area contributed by atoms with Crippen molar-refractivity contribution in [2.75, 3.05) is 18.4 Å². The average Bonchev–Trinajstić information content (AvgIpc) is 3.39. The Balaban J connectivity index is 1.60. The Morgan fingerprint density at radius 2 is 1.82 bits per heavy atom. The van der Waals surface area contributed by atoms with Gasteiger partial charge in [-0.1, -0.05) is 30.3 Å². The van der Waals surface area contributed by atoms with Crippen LogP contribution in [0.15, 0.2) is 88.9 Å². The molecule has 10 heteroatoms. The zero-order valence-corrected chi connectivity index (χ0v) is 20.1. The molecule has 6 nitrogen and oxygen atoms in total. The number of para-hydroxylation sites is 1. The number of aliphatic imine (C=N–C) groups is 1. The number of nitrogens with one attached hydrogen (secondary N) is 1. The molecule has 1 N–H and O–H groups in total. The summed E-state index contributed by atoms with van der Waals surface area (Å²) in [6, 6.07) is 17.6. The van der Waals surface area contributed by atoms with Crippen molar-refractivity contribution in [2.24, 2.45) is 4.99 Å². The van der Waals surface area contributed by atoms with Gasteiger partial charge in [-0.25, -0.2) is 4.39 Å². The average molecular weight is 523 g/mol. The van der Waals surface area contributed by atoms with Crippen LogP contribution in [-0.2, 0) is 9.59 Å². The summed E-state index contributed by atoms with van der Waals surface area (Å²) in [6.07, 6.45) is -4.72. The molecule has 0 radical (unpaired) electrons. The highest BCUT2D eigenvalue weighted by Gasteiger charge is 2.49. The SMILES string of the molecule is CC(=O)Nc1cccc(C2=NCC3=C2C(c2cc(Oc4ccccc4)ccc2F)N(CC(F)(F)F)C3=O)c1. The fourth-order valence-electron chi connectivity index (χ4n) is 4.69. The lowest BCUT2D eigenvalue weighted by molar-refractivity contribution is -0.160. The van der Waals surface area contributed by atoms with Crippen molar-refractivity contribution in [3.05, 3.63) is 101 Å². The minimum absolute atomic E-state index is 0.0768. The van der Waals surface area contributed by atoms with Gasteiger partial charge in [0.2, 0.25) is 5.91 Å². The van der Waals surface area contributed by atoms with Gasteiger partial charge in [0, 0.05) is 34.9 Å². The van der Waals surface area contributed by atoms with Gasteiger partial charge in [0.15, 0.2) is 0 Å². The molecule has 1 atom stereocenters. The van der Waals surface area contributed by atoms with Gasteiger partial charge < -0.3 is 15.0 Å². The first-order valence-electron chi connectivity index (χ1n) is 11.7. The van der Waals surface area contributed by atoms with Gasteiger partial charge in [-0.15, -0.1) is 0 Å². The predicted octanol–water partition coefficient (Wildman–Crippen LogP) is 5.82. The third-order valence-electron chi connectivity index (χ3n) is 6.13. The van der Waals surface area contributed by atoms with Crippen LogP contribution in [0.4, 0.5) is 23.2 Å². The van der Waals surface area contributed by atoms with E-state index in [0.29, 0.717) is 21.9 Å². The number of anilines is 1. The topological polar surface area (TPSA) is 71.0 Å². The van der Waals surface area contributed by atoms with E-state index in [0.717, 1.165) is 6.07 Å². The zero-order valence-electron chi connectivity index (χ0n) is 20.1. The minimum Gasteiger partial charge on any atom is -0.457 e. The van der Waals surface area contributed by atoms with Crippen molar-refractivity contribution in [1.29, 1.82) is 0 Å². The third kappa shape index (κ3) is 5.02. The second-order valence-electron chi connectivity index (χ2n) is 8.87. The fraction of sp³-hybridized carbons (Fsp3) is 0.179. The van der Waals surface area contributed by atoms with E-state index in [-0.39, 0.29) is 40.6 Å². The largest absolute Gasteiger partial charge is 0.457 e. The van der Waals surface area contributed by atoms with Gasteiger partial charge in [-0.2, -0.15) is 13.2 Å². The molecule has 0 saturated heterocycles. The monoisotopic (exact) mass is 523 g/mol. The number of carbonyl (C=O) groups is 2. The summed E-state index contributed by atoms with van der Waals surface area (Å²) in [6.45, 7) is -0.360. The molecule has 2 aliphatic rings. The van der Waals surface area contributed by atoms with Crippen molar-refractivity contribution in [3.63, 3.8) is 0 Å². The highest BCUT2D eigenvalue weighted by molar-refractivity contribution is 6.22. The number of halogens is 4. The molecule has 1 unspecified atom stereocenters. The standard InChI is InChI=1S/C28H21F4N3O3/c1-16(36)34-18-7-5-6-17(12-18)25-24-22(14-33-25)27(37)35(15-28(30,31)32)26(24)21-13-20(10-11-23(21)29)38-19-8-3-2-4-9-19/h2-13,26H,14-15H2,1H3,(H,34,36). The number of benzene rings is 3. The lowest BCUT2D eigenvalue weighted by Crippen LogP contribution is -2.39. The summed E-state index contributed by atoms with van der Waals surface area (Å²) in [5.41, 5.74) is 1.33. The smallest absolute Gasteiger partial charge is 0.406 e. The Labute approximate surface area is 215 Å². The molecule has 0 saturated carbocycles. The molecule has 0 bridgehead atoms. The summed E-state index contributed by atoms with van der Waals surface area (Å²) >= 11 is 0. The Hall–Kier alpha value is -4.47. The number of rotatable bonds is 6. The maximum Gasteiger partial charge on any atom is 0.406 e. The van der Waals surface area contributed by atoms with Crippen molar-refractivity contribution in [3.8, 4) is 11.5 Å². The van der Waals surface area contributed by atoms with E-state index in [9.17, 15) is 22.8 Å². The van der Waals surface area contributed by atoms with Crippen LogP contribution < -0.4 is 10.1 Å². The number of hydrogen-bond donors (Lipinski definition) is 1. The van der Waals surface area contributed by atoms with Crippen LogP contribution in [0, 0.1) is 5.82 Å². The summed E-state index contributed by atoms with van der Waals surface area (Å²) < 4.78 is 61.9. The predicted molar refractivity (Wildman–Crippen MR) is 133 cm³/mol. The normalized spacial score (nSPS) is 17.0. The molecule has 2 heterocycles. The molecule has 194 valence electrons. The highest BCUT2D eigenvalue weighted by Crippen LogP contribution is 2.45. The van der Waals surface area contributed by atoms with Crippen LogP contribution in [0.1, 0.15) is 24.1 Å². The highest BCUT2D eigenvalue weighted by atomic mass is 19.4. The summed E-state index contributed by atoms with van der Waals surface area (Å²) in [5.74, 6) is -1.30. The van der Waals surface area contributed by atoms with E-state index in [2.05, 4.69) is 10.3 Å². The molecule has 2 aliphatic heterocycles. The second kappa shape index (κ2) is 9.77. The molecule has 0 aliphatic carbocycles. The maximum absolute atomic E-state index is 15.3. The van der Waals surface area contributed by atoms with E-state index in [1.54, 1.807) is 54.6 Å². The van der Waals surface area contributed by atoms with E-state index in [1.807, 2.05) is 0 Å². The molecule has 2 amide bonds.